The number of amidine groups is 1. The molecule has 0 saturated heterocycles. The molecule has 1 aromatic carbocycles. The van der Waals surface area contributed by atoms with Crippen LogP contribution in [0.15, 0.2) is 23.2 Å². The molecule has 84 valence electrons. The monoisotopic (exact) mass is 216 g/mol. The van der Waals surface area contributed by atoms with Gasteiger partial charge in [0.2, 0.25) is 0 Å². The molecule has 0 bridgehead atoms. The van der Waals surface area contributed by atoms with Gasteiger partial charge in [0.05, 0.1) is 6.54 Å². The van der Waals surface area contributed by atoms with Crippen molar-refractivity contribution in [3.63, 3.8) is 0 Å². The molecule has 0 amide bonds. The molecule has 1 unspecified atom stereocenters. The van der Waals surface area contributed by atoms with E-state index in [0.29, 0.717) is 6.04 Å². The molecule has 1 aromatic rings. The Morgan fingerprint density at radius 1 is 1.31 bits per heavy atom. The molecule has 1 heterocycles. The highest BCUT2D eigenvalue weighted by atomic mass is 16.5. The number of nitrogens with one attached hydrogen (secondary N) is 1. The number of fused-ring (bicyclic) bond motifs is 1. The van der Waals surface area contributed by atoms with Gasteiger partial charge in [-0.3, -0.25) is 0 Å². The fourth-order valence-electron chi connectivity index (χ4n) is 2.45. The number of aliphatic imine (C=N–C) groups is 1. The fraction of sp³-hybridized carbons (Fsp3) is 0.462. The van der Waals surface area contributed by atoms with Crippen LogP contribution in [0.4, 0.5) is 0 Å². The molecule has 1 aliphatic carbocycles. The van der Waals surface area contributed by atoms with Crippen LogP contribution in [0.3, 0.4) is 0 Å². The standard InChI is InChI=1S/C13H16N2O/c1-9-2-3-10-7-12(8-11(10)6-9)15-13-14-4-5-16-13/h2-3,6,12H,4-5,7-8H2,1H3,(H,14,15). The SMILES string of the molecule is Cc1ccc2c(c1)CC(NC1=NCCO1)C2. The van der Waals surface area contributed by atoms with Crippen molar-refractivity contribution >= 4 is 6.02 Å². The van der Waals surface area contributed by atoms with E-state index in [9.17, 15) is 0 Å². The van der Waals surface area contributed by atoms with Gasteiger partial charge in [-0.2, -0.15) is 0 Å². The Bertz CT molecular complexity index is 440. The highest BCUT2D eigenvalue weighted by Gasteiger charge is 2.23. The van der Waals surface area contributed by atoms with Crippen LogP contribution in [-0.2, 0) is 17.6 Å². The summed E-state index contributed by atoms with van der Waals surface area (Å²) in [5.41, 5.74) is 4.27. The van der Waals surface area contributed by atoms with E-state index in [2.05, 4.69) is 35.4 Å². The third-order valence-corrected chi connectivity index (χ3v) is 3.21. The largest absolute Gasteiger partial charge is 0.463 e. The van der Waals surface area contributed by atoms with E-state index in [0.717, 1.165) is 32.0 Å². The summed E-state index contributed by atoms with van der Waals surface area (Å²) in [6, 6.07) is 7.89. The Morgan fingerprint density at radius 3 is 3.00 bits per heavy atom. The number of aryl methyl sites for hydroxylation is 1. The number of hydrogen-bond donors (Lipinski definition) is 1. The van der Waals surface area contributed by atoms with Crippen molar-refractivity contribution in [2.75, 3.05) is 13.2 Å². The van der Waals surface area contributed by atoms with Gasteiger partial charge in [0.1, 0.15) is 6.61 Å². The van der Waals surface area contributed by atoms with Gasteiger partial charge in [-0.15, -0.1) is 0 Å². The lowest BCUT2D eigenvalue weighted by Gasteiger charge is -2.12. The first-order valence-corrected chi connectivity index (χ1v) is 5.83. The third-order valence-electron chi connectivity index (χ3n) is 3.21. The first-order valence-electron chi connectivity index (χ1n) is 5.83. The molecular weight excluding hydrogens is 200 g/mol. The van der Waals surface area contributed by atoms with Crippen molar-refractivity contribution in [3.05, 3.63) is 34.9 Å². The maximum absolute atomic E-state index is 5.38. The van der Waals surface area contributed by atoms with Crippen LogP contribution in [-0.4, -0.2) is 25.2 Å². The van der Waals surface area contributed by atoms with Crippen LogP contribution in [0.25, 0.3) is 0 Å². The summed E-state index contributed by atoms with van der Waals surface area (Å²) >= 11 is 0. The summed E-state index contributed by atoms with van der Waals surface area (Å²) in [5.74, 6) is 0. The van der Waals surface area contributed by atoms with Crippen LogP contribution in [0.1, 0.15) is 16.7 Å². The van der Waals surface area contributed by atoms with Crippen LogP contribution < -0.4 is 5.32 Å². The molecule has 16 heavy (non-hydrogen) atoms. The summed E-state index contributed by atoms with van der Waals surface area (Å²) in [6.45, 7) is 3.66. The van der Waals surface area contributed by atoms with Gasteiger partial charge < -0.3 is 10.1 Å². The second-order valence-electron chi connectivity index (χ2n) is 4.56. The molecule has 0 spiro atoms. The Kier molecular flexibility index (Phi) is 2.31. The summed E-state index contributed by atoms with van der Waals surface area (Å²) < 4.78 is 5.38. The molecule has 1 aliphatic heterocycles. The summed E-state index contributed by atoms with van der Waals surface area (Å²) in [4.78, 5) is 4.26. The topological polar surface area (TPSA) is 33.6 Å². The van der Waals surface area contributed by atoms with Gasteiger partial charge in [0.15, 0.2) is 0 Å². The van der Waals surface area contributed by atoms with Crippen molar-refractivity contribution in [3.8, 4) is 0 Å². The van der Waals surface area contributed by atoms with Crippen molar-refractivity contribution in [2.24, 2.45) is 4.99 Å². The Morgan fingerprint density at radius 2 is 2.19 bits per heavy atom. The Balaban J connectivity index is 1.70. The van der Waals surface area contributed by atoms with Crippen molar-refractivity contribution in [1.29, 1.82) is 0 Å². The van der Waals surface area contributed by atoms with Crippen molar-refractivity contribution < 1.29 is 4.74 Å². The lowest BCUT2D eigenvalue weighted by Crippen LogP contribution is -2.35. The minimum absolute atomic E-state index is 0.452. The smallest absolute Gasteiger partial charge is 0.285 e. The van der Waals surface area contributed by atoms with E-state index < -0.39 is 0 Å². The van der Waals surface area contributed by atoms with Crippen LogP contribution in [0.5, 0.6) is 0 Å². The average Bonchev–Trinajstić information content (AvgIpc) is 2.86. The molecule has 0 aromatic heterocycles. The predicted molar refractivity (Wildman–Crippen MR) is 63.8 cm³/mol. The minimum Gasteiger partial charge on any atom is -0.463 e. The van der Waals surface area contributed by atoms with Crippen molar-refractivity contribution in [2.45, 2.75) is 25.8 Å². The van der Waals surface area contributed by atoms with E-state index in [1.807, 2.05) is 0 Å². The van der Waals surface area contributed by atoms with E-state index in [1.54, 1.807) is 0 Å². The van der Waals surface area contributed by atoms with E-state index in [-0.39, 0.29) is 0 Å². The molecule has 3 heteroatoms. The minimum atomic E-state index is 0.452. The first kappa shape index (κ1) is 9.70. The molecule has 3 nitrogen and oxygen atoms in total. The zero-order valence-corrected chi connectivity index (χ0v) is 9.49. The second-order valence-corrected chi connectivity index (χ2v) is 4.56. The second kappa shape index (κ2) is 3.81. The highest BCUT2D eigenvalue weighted by molar-refractivity contribution is 5.75. The number of hydrogen-bond acceptors (Lipinski definition) is 3. The summed E-state index contributed by atoms with van der Waals surface area (Å²) in [5, 5.41) is 3.37. The van der Waals surface area contributed by atoms with Gasteiger partial charge in [-0.25, -0.2) is 4.99 Å². The van der Waals surface area contributed by atoms with Crippen LogP contribution in [0, 0.1) is 6.92 Å². The molecule has 3 rings (SSSR count). The van der Waals surface area contributed by atoms with Crippen LogP contribution in [0.2, 0.25) is 0 Å². The number of rotatable bonds is 1. The zero-order chi connectivity index (χ0) is 11.0. The number of nitrogens with zero attached hydrogens (tertiary/aromatic N) is 1. The molecule has 0 radical (unpaired) electrons. The average molecular weight is 216 g/mol. The Labute approximate surface area is 95.5 Å². The molecule has 0 saturated carbocycles. The predicted octanol–water partition coefficient (Wildman–Crippen LogP) is 1.44. The van der Waals surface area contributed by atoms with E-state index in [1.165, 1.54) is 16.7 Å². The first-order chi connectivity index (χ1) is 7.81. The molecule has 2 aliphatic rings. The highest BCUT2D eigenvalue weighted by Crippen LogP contribution is 2.23. The third kappa shape index (κ3) is 1.77. The maximum atomic E-state index is 5.38. The molecule has 0 fully saturated rings. The quantitative estimate of drug-likeness (QED) is 0.770. The lowest BCUT2D eigenvalue weighted by atomic mass is 10.1. The fourth-order valence-corrected chi connectivity index (χ4v) is 2.45. The zero-order valence-electron chi connectivity index (χ0n) is 9.49. The van der Waals surface area contributed by atoms with Crippen LogP contribution >= 0.6 is 0 Å². The van der Waals surface area contributed by atoms with Gasteiger partial charge in [0.25, 0.3) is 6.02 Å². The van der Waals surface area contributed by atoms with E-state index in [4.69, 9.17) is 4.74 Å². The van der Waals surface area contributed by atoms with E-state index >= 15 is 0 Å². The Hall–Kier alpha value is -1.51. The van der Waals surface area contributed by atoms with Gasteiger partial charge in [-0.1, -0.05) is 23.8 Å². The summed E-state index contributed by atoms with van der Waals surface area (Å²) in [7, 11) is 0. The molecule has 1 N–H and O–H groups in total. The lowest BCUT2D eigenvalue weighted by molar-refractivity contribution is 0.325. The van der Waals surface area contributed by atoms with Gasteiger partial charge in [-0.05, 0) is 30.9 Å². The van der Waals surface area contributed by atoms with Crippen molar-refractivity contribution in [1.82, 2.24) is 5.32 Å². The summed E-state index contributed by atoms with van der Waals surface area (Å²) in [6.07, 6.45) is 2.16. The van der Waals surface area contributed by atoms with Gasteiger partial charge in [0, 0.05) is 6.04 Å². The normalized spacial score (nSPS) is 22.6. The maximum Gasteiger partial charge on any atom is 0.285 e. The molecule has 1 atom stereocenters. The number of ether oxygens (including phenoxy) is 1. The van der Waals surface area contributed by atoms with Gasteiger partial charge >= 0.3 is 0 Å². The molecular formula is C13H16N2O. The number of benzene rings is 1.